The molecule has 5 aromatic rings. The third-order valence-electron chi connectivity index (χ3n) is 5.59. The number of benzene rings is 4. The predicted octanol–water partition coefficient (Wildman–Crippen LogP) is 3.04. The van der Waals surface area contributed by atoms with E-state index in [1.54, 1.807) is 55.5 Å². The largest absolute Gasteiger partial charge is 1.00 e. The van der Waals surface area contributed by atoms with E-state index >= 15 is 0 Å². The molecule has 38 heavy (non-hydrogen) atoms. The van der Waals surface area contributed by atoms with E-state index in [-0.39, 0.29) is 56.7 Å². The standard InChI is InChI=1S/C24H17N3O7S3.Na/c1-13-6-11-18-22(23(13)37(32,33)34)35-24(25-18)14-7-9-15(10-8-14)26-27-19-12-20(36(29,30)31)16-4-2-3-5-17(16)21(19)28;/h2-12,28H,1H3,(H,29,30,31)(H,32,33,34);/q;+1. The fraction of sp³-hybridized carbons (Fsp3) is 0.0417. The Morgan fingerprint density at radius 3 is 2.13 bits per heavy atom. The Bertz CT molecular complexity index is 1950. The summed E-state index contributed by atoms with van der Waals surface area (Å²) in [4.78, 5) is 3.90. The quantitative estimate of drug-likeness (QED) is 0.163. The molecule has 0 aliphatic heterocycles. The molecule has 0 aliphatic carbocycles. The monoisotopic (exact) mass is 578 g/mol. The van der Waals surface area contributed by atoms with Gasteiger partial charge in [-0.25, -0.2) is 4.98 Å². The Labute approximate surface area is 243 Å². The normalized spacial score (nSPS) is 12.3. The van der Waals surface area contributed by atoms with Gasteiger partial charge in [-0.15, -0.1) is 16.5 Å². The van der Waals surface area contributed by atoms with Gasteiger partial charge in [0.05, 0.1) is 15.9 Å². The van der Waals surface area contributed by atoms with Gasteiger partial charge in [0, 0.05) is 16.3 Å². The third kappa shape index (κ3) is 5.37. The summed E-state index contributed by atoms with van der Waals surface area (Å²) in [5, 5.41) is 19.5. The summed E-state index contributed by atoms with van der Waals surface area (Å²) in [6.07, 6.45) is 0. The van der Waals surface area contributed by atoms with Crippen molar-refractivity contribution in [3.05, 3.63) is 72.3 Å². The van der Waals surface area contributed by atoms with E-state index < -0.39 is 25.1 Å². The molecule has 0 atom stereocenters. The van der Waals surface area contributed by atoms with Gasteiger partial charge in [0.2, 0.25) is 0 Å². The number of azo groups is 1. The Hall–Kier alpha value is -2.75. The van der Waals surface area contributed by atoms with Crippen molar-refractivity contribution in [1.82, 2.24) is 4.98 Å². The number of phenolic OH excluding ortho intramolecular Hbond substituents is 1. The van der Waals surface area contributed by atoms with Crippen LogP contribution in [0.4, 0.5) is 11.4 Å². The van der Waals surface area contributed by atoms with Crippen molar-refractivity contribution in [3.8, 4) is 16.3 Å². The molecule has 14 heteroatoms. The van der Waals surface area contributed by atoms with Gasteiger partial charge in [-0.05, 0) is 48.9 Å². The molecule has 188 valence electrons. The number of aromatic hydroxyl groups is 1. The molecule has 3 N–H and O–H groups in total. The van der Waals surface area contributed by atoms with Gasteiger partial charge in [-0.3, -0.25) is 9.11 Å². The number of aromatic nitrogens is 1. The Morgan fingerprint density at radius 2 is 1.50 bits per heavy atom. The van der Waals surface area contributed by atoms with Gasteiger partial charge in [-0.1, -0.05) is 30.3 Å². The van der Waals surface area contributed by atoms with Crippen molar-refractivity contribution in [2.24, 2.45) is 10.2 Å². The van der Waals surface area contributed by atoms with Gasteiger partial charge < -0.3 is 5.11 Å². The van der Waals surface area contributed by atoms with E-state index in [9.17, 15) is 31.0 Å². The molecule has 5 rings (SSSR count). The summed E-state index contributed by atoms with van der Waals surface area (Å²) in [5.74, 6) is -0.289. The first kappa shape index (κ1) is 28.3. The van der Waals surface area contributed by atoms with E-state index in [0.29, 0.717) is 32.0 Å². The minimum absolute atomic E-state index is 0. The molecule has 0 aliphatic rings. The Kier molecular flexibility index (Phi) is 7.76. The molecule has 0 unspecified atom stereocenters. The fourth-order valence-corrected chi connectivity index (χ4v) is 6.93. The molecule has 10 nitrogen and oxygen atoms in total. The molecule has 0 saturated heterocycles. The zero-order valence-corrected chi connectivity index (χ0v) is 24.3. The van der Waals surface area contributed by atoms with E-state index in [1.165, 1.54) is 12.1 Å². The van der Waals surface area contributed by atoms with Crippen LogP contribution in [0.15, 0.2) is 86.7 Å². The molecular weight excluding hydrogens is 561 g/mol. The van der Waals surface area contributed by atoms with Crippen LogP contribution in [-0.4, -0.2) is 36.0 Å². The Morgan fingerprint density at radius 1 is 0.842 bits per heavy atom. The second-order valence-corrected chi connectivity index (χ2v) is 11.8. The number of hydrogen-bond donors (Lipinski definition) is 3. The van der Waals surface area contributed by atoms with Crippen molar-refractivity contribution >= 4 is 63.9 Å². The first-order valence-electron chi connectivity index (χ1n) is 10.6. The molecular formula is C24H17N3NaO7S3+. The van der Waals surface area contributed by atoms with Crippen molar-refractivity contribution in [2.75, 3.05) is 0 Å². The number of rotatable bonds is 5. The van der Waals surface area contributed by atoms with Crippen LogP contribution in [0.1, 0.15) is 5.56 Å². The van der Waals surface area contributed by atoms with Crippen molar-refractivity contribution in [1.29, 1.82) is 0 Å². The van der Waals surface area contributed by atoms with Gasteiger partial charge in [0.25, 0.3) is 20.2 Å². The van der Waals surface area contributed by atoms with Gasteiger partial charge in [-0.2, -0.15) is 21.9 Å². The first-order valence-corrected chi connectivity index (χ1v) is 14.2. The molecule has 1 heterocycles. The maximum absolute atomic E-state index is 11.9. The average molecular weight is 579 g/mol. The van der Waals surface area contributed by atoms with Crippen molar-refractivity contribution < 1.29 is 60.6 Å². The second kappa shape index (κ2) is 10.4. The number of phenols is 1. The first-order chi connectivity index (χ1) is 17.4. The van der Waals surface area contributed by atoms with Gasteiger partial charge in [0.15, 0.2) is 5.75 Å². The number of thiazole rings is 1. The van der Waals surface area contributed by atoms with Crippen LogP contribution < -0.4 is 29.6 Å². The second-order valence-electron chi connectivity index (χ2n) is 8.06. The minimum Gasteiger partial charge on any atom is -0.505 e. The van der Waals surface area contributed by atoms with Crippen LogP contribution >= 0.6 is 11.3 Å². The molecule has 1 aromatic heterocycles. The molecule has 0 radical (unpaired) electrons. The zero-order valence-electron chi connectivity index (χ0n) is 19.9. The SMILES string of the molecule is Cc1ccc2nc(-c3ccc(N=Nc4cc(S(=O)(=O)O)c5ccccc5c4O)cc3)sc2c1S(=O)(=O)O.[Na+]. The molecule has 0 fully saturated rings. The predicted molar refractivity (Wildman–Crippen MR) is 139 cm³/mol. The number of aryl methyl sites for hydroxylation is 1. The summed E-state index contributed by atoms with van der Waals surface area (Å²) in [6.45, 7) is 1.59. The van der Waals surface area contributed by atoms with Crippen LogP contribution in [-0.2, 0) is 20.2 Å². The van der Waals surface area contributed by atoms with E-state index in [0.717, 1.165) is 17.4 Å². The van der Waals surface area contributed by atoms with Crippen LogP contribution in [0.2, 0.25) is 0 Å². The zero-order chi connectivity index (χ0) is 26.5. The molecule has 0 spiro atoms. The molecule has 4 aromatic carbocycles. The molecule has 0 amide bonds. The van der Waals surface area contributed by atoms with E-state index in [4.69, 9.17) is 0 Å². The fourth-order valence-electron chi connectivity index (χ4n) is 3.89. The molecule has 0 bridgehead atoms. The third-order valence-corrected chi connectivity index (χ3v) is 8.79. The van der Waals surface area contributed by atoms with E-state index in [1.807, 2.05) is 0 Å². The van der Waals surface area contributed by atoms with Crippen LogP contribution in [0.5, 0.6) is 5.75 Å². The average Bonchev–Trinajstić information content (AvgIpc) is 3.26. The topological polar surface area (TPSA) is 167 Å². The van der Waals surface area contributed by atoms with Gasteiger partial charge in [0.1, 0.15) is 20.5 Å². The van der Waals surface area contributed by atoms with Gasteiger partial charge >= 0.3 is 29.6 Å². The number of fused-ring (bicyclic) bond motifs is 2. The van der Waals surface area contributed by atoms with Crippen LogP contribution in [0.25, 0.3) is 31.6 Å². The van der Waals surface area contributed by atoms with Crippen LogP contribution in [0.3, 0.4) is 0 Å². The number of hydrogen-bond acceptors (Lipinski definition) is 9. The smallest absolute Gasteiger partial charge is 0.505 e. The summed E-state index contributed by atoms with van der Waals surface area (Å²) in [7, 11) is -9.02. The summed E-state index contributed by atoms with van der Waals surface area (Å²) < 4.78 is 67.1. The van der Waals surface area contributed by atoms with Crippen molar-refractivity contribution in [3.63, 3.8) is 0 Å². The minimum atomic E-state index is -4.59. The van der Waals surface area contributed by atoms with Crippen molar-refractivity contribution in [2.45, 2.75) is 16.7 Å². The number of nitrogens with zero attached hydrogens (tertiary/aromatic N) is 3. The maximum atomic E-state index is 11.9. The van der Waals surface area contributed by atoms with E-state index in [2.05, 4.69) is 15.2 Å². The maximum Gasteiger partial charge on any atom is 1.00 e. The summed E-state index contributed by atoms with van der Waals surface area (Å²) in [5.41, 5.74) is 1.75. The summed E-state index contributed by atoms with van der Waals surface area (Å²) in [6, 6.07) is 17.1. The van der Waals surface area contributed by atoms with Crippen LogP contribution in [0, 0.1) is 6.92 Å². The summed E-state index contributed by atoms with van der Waals surface area (Å²) >= 11 is 1.12. The molecule has 0 saturated carbocycles. The Balaban J connectivity index is 0.00000336.